The first-order valence-electron chi connectivity index (χ1n) is 7.89. The third-order valence-electron chi connectivity index (χ3n) is 4.32. The molecule has 3 rings (SSSR count). The third kappa shape index (κ3) is 2.75. The molecule has 0 spiro atoms. The molecule has 0 saturated heterocycles. The molecule has 0 radical (unpaired) electrons. The van der Waals surface area contributed by atoms with E-state index in [1.165, 1.54) is 6.07 Å². The Morgan fingerprint density at radius 1 is 1.29 bits per heavy atom. The van der Waals surface area contributed by atoms with E-state index in [0.29, 0.717) is 22.5 Å². The fourth-order valence-electron chi connectivity index (χ4n) is 2.51. The van der Waals surface area contributed by atoms with Crippen LogP contribution in [0.4, 0.5) is 4.39 Å². The normalized spacial score (nSPS) is 12.3. The maximum atomic E-state index is 14.1. The fraction of sp³-hybridized carbons (Fsp3) is 0.278. The molecule has 1 amide bonds. The number of benzene rings is 1. The molecule has 1 unspecified atom stereocenters. The van der Waals surface area contributed by atoms with E-state index in [1.807, 2.05) is 13.8 Å². The van der Waals surface area contributed by atoms with E-state index in [9.17, 15) is 9.18 Å². The lowest BCUT2D eigenvalue weighted by atomic mass is 10.1. The minimum absolute atomic E-state index is 0.117. The van der Waals surface area contributed by atoms with Crippen molar-refractivity contribution < 1.29 is 9.18 Å². The number of halogens is 1. The van der Waals surface area contributed by atoms with Gasteiger partial charge in [0, 0.05) is 30.4 Å². The average Bonchev–Trinajstić information content (AvgIpc) is 3.03. The fourth-order valence-corrected chi connectivity index (χ4v) is 2.51. The molecule has 3 aromatic rings. The summed E-state index contributed by atoms with van der Waals surface area (Å²) in [6.45, 7) is 4.01. The average molecular weight is 326 g/mol. The van der Waals surface area contributed by atoms with Gasteiger partial charge in [-0.05, 0) is 25.5 Å². The van der Waals surface area contributed by atoms with E-state index >= 15 is 0 Å². The first-order chi connectivity index (χ1) is 11.5. The van der Waals surface area contributed by atoms with E-state index in [4.69, 9.17) is 0 Å². The Balaban J connectivity index is 2.07. The Morgan fingerprint density at radius 2 is 2.04 bits per heavy atom. The van der Waals surface area contributed by atoms with Crippen LogP contribution in [0, 0.1) is 5.82 Å². The quantitative estimate of drug-likeness (QED) is 0.738. The van der Waals surface area contributed by atoms with Gasteiger partial charge in [-0.2, -0.15) is 5.10 Å². The predicted molar refractivity (Wildman–Crippen MR) is 90.2 cm³/mol. The molecule has 0 saturated carbocycles. The van der Waals surface area contributed by atoms with E-state index in [0.717, 1.165) is 6.42 Å². The summed E-state index contributed by atoms with van der Waals surface area (Å²) in [5.74, 6) is -0.504. The number of aromatic nitrogens is 3. The second kappa shape index (κ2) is 6.39. The predicted octanol–water partition coefficient (Wildman–Crippen LogP) is 3.41. The number of hydrogen-bond acceptors (Lipinski definition) is 3. The van der Waals surface area contributed by atoms with Crippen molar-refractivity contribution in [1.29, 1.82) is 0 Å². The molecule has 0 N–H and O–H groups in total. The summed E-state index contributed by atoms with van der Waals surface area (Å²) in [5.41, 5.74) is 1.76. The van der Waals surface area contributed by atoms with Gasteiger partial charge < -0.3 is 4.90 Å². The number of fused-ring (bicyclic) bond motifs is 1. The Bertz CT molecular complexity index is 890. The highest BCUT2D eigenvalue weighted by Crippen LogP contribution is 2.26. The van der Waals surface area contributed by atoms with Gasteiger partial charge in [0.15, 0.2) is 5.65 Å². The molecule has 2 aromatic heterocycles. The summed E-state index contributed by atoms with van der Waals surface area (Å²) >= 11 is 0. The van der Waals surface area contributed by atoms with Gasteiger partial charge >= 0.3 is 0 Å². The van der Waals surface area contributed by atoms with Crippen LogP contribution in [-0.4, -0.2) is 38.5 Å². The van der Waals surface area contributed by atoms with Gasteiger partial charge in [-0.25, -0.2) is 13.9 Å². The van der Waals surface area contributed by atoms with Crippen molar-refractivity contribution in [3.63, 3.8) is 0 Å². The monoisotopic (exact) mass is 326 g/mol. The number of carbonyl (C=O) groups excluding carboxylic acids is 1. The maximum absolute atomic E-state index is 14.1. The van der Waals surface area contributed by atoms with Crippen LogP contribution in [-0.2, 0) is 0 Å². The topological polar surface area (TPSA) is 50.5 Å². The second-order valence-corrected chi connectivity index (χ2v) is 5.79. The standard InChI is InChI=1S/C18H19FN4O/c1-4-12(2)22(3)18(24)16-9-10-23-17(21-16)14(11-20-23)13-7-5-6-8-15(13)19/h5-12H,4H2,1-3H3. The van der Waals surface area contributed by atoms with Crippen molar-refractivity contribution in [1.82, 2.24) is 19.5 Å². The summed E-state index contributed by atoms with van der Waals surface area (Å²) in [5, 5.41) is 4.20. The van der Waals surface area contributed by atoms with Crippen molar-refractivity contribution >= 4 is 11.6 Å². The van der Waals surface area contributed by atoms with Crippen LogP contribution in [0.25, 0.3) is 16.8 Å². The van der Waals surface area contributed by atoms with E-state index in [2.05, 4.69) is 10.1 Å². The van der Waals surface area contributed by atoms with Gasteiger partial charge in [0.2, 0.25) is 0 Å². The molecule has 124 valence electrons. The van der Waals surface area contributed by atoms with Crippen LogP contribution >= 0.6 is 0 Å². The minimum atomic E-state index is -0.345. The number of nitrogens with zero attached hydrogens (tertiary/aromatic N) is 4. The first-order valence-corrected chi connectivity index (χ1v) is 7.89. The molecular weight excluding hydrogens is 307 g/mol. The largest absolute Gasteiger partial charge is 0.338 e. The summed E-state index contributed by atoms with van der Waals surface area (Å²) in [6, 6.07) is 8.21. The summed E-state index contributed by atoms with van der Waals surface area (Å²) in [4.78, 5) is 18.7. The number of carbonyl (C=O) groups is 1. The van der Waals surface area contributed by atoms with Crippen LogP contribution in [0.5, 0.6) is 0 Å². The highest BCUT2D eigenvalue weighted by molar-refractivity contribution is 5.93. The summed E-state index contributed by atoms with van der Waals surface area (Å²) < 4.78 is 15.6. The Labute approximate surface area is 139 Å². The number of hydrogen-bond donors (Lipinski definition) is 0. The molecule has 1 aromatic carbocycles. The lowest BCUT2D eigenvalue weighted by molar-refractivity contribution is 0.0735. The Morgan fingerprint density at radius 3 is 2.75 bits per heavy atom. The highest BCUT2D eigenvalue weighted by atomic mass is 19.1. The number of rotatable bonds is 4. The van der Waals surface area contributed by atoms with Crippen molar-refractivity contribution in [2.75, 3.05) is 7.05 Å². The molecule has 0 fully saturated rings. The molecule has 1 atom stereocenters. The summed E-state index contributed by atoms with van der Waals surface area (Å²) in [7, 11) is 1.76. The van der Waals surface area contributed by atoms with Crippen LogP contribution < -0.4 is 0 Å². The minimum Gasteiger partial charge on any atom is -0.338 e. The van der Waals surface area contributed by atoms with Crippen molar-refractivity contribution in [2.24, 2.45) is 0 Å². The second-order valence-electron chi connectivity index (χ2n) is 5.79. The Hall–Kier alpha value is -2.76. The van der Waals surface area contributed by atoms with Gasteiger partial charge in [0.1, 0.15) is 11.5 Å². The number of amides is 1. The molecule has 0 bridgehead atoms. The van der Waals surface area contributed by atoms with Crippen LogP contribution in [0.1, 0.15) is 30.8 Å². The molecule has 0 aliphatic rings. The molecular formula is C18H19FN4O. The van der Waals surface area contributed by atoms with E-state index in [1.54, 1.807) is 53.1 Å². The van der Waals surface area contributed by atoms with Crippen LogP contribution in [0.15, 0.2) is 42.7 Å². The zero-order valence-corrected chi connectivity index (χ0v) is 13.9. The Kier molecular flexibility index (Phi) is 4.29. The van der Waals surface area contributed by atoms with E-state index < -0.39 is 0 Å². The van der Waals surface area contributed by atoms with Crippen LogP contribution in [0.2, 0.25) is 0 Å². The third-order valence-corrected chi connectivity index (χ3v) is 4.32. The molecule has 5 nitrogen and oxygen atoms in total. The van der Waals surface area contributed by atoms with Crippen molar-refractivity contribution in [2.45, 2.75) is 26.3 Å². The van der Waals surface area contributed by atoms with Gasteiger partial charge in [-0.15, -0.1) is 0 Å². The maximum Gasteiger partial charge on any atom is 0.272 e. The molecule has 6 heteroatoms. The molecule has 2 heterocycles. The SMILES string of the molecule is CCC(C)N(C)C(=O)c1ccn2ncc(-c3ccccc3F)c2n1. The van der Waals surface area contributed by atoms with Gasteiger partial charge in [-0.3, -0.25) is 4.79 Å². The lowest BCUT2D eigenvalue weighted by Crippen LogP contribution is -2.35. The van der Waals surface area contributed by atoms with Crippen LogP contribution in [0.3, 0.4) is 0 Å². The smallest absolute Gasteiger partial charge is 0.272 e. The van der Waals surface area contributed by atoms with Gasteiger partial charge in [0.25, 0.3) is 5.91 Å². The van der Waals surface area contributed by atoms with Crippen molar-refractivity contribution in [3.05, 3.63) is 54.2 Å². The molecule has 0 aliphatic heterocycles. The highest BCUT2D eigenvalue weighted by Gasteiger charge is 2.19. The summed E-state index contributed by atoms with van der Waals surface area (Å²) in [6.07, 6.45) is 4.09. The zero-order valence-electron chi connectivity index (χ0n) is 13.9. The molecule has 0 aliphatic carbocycles. The zero-order chi connectivity index (χ0) is 17.3. The van der Waals surface area contributed by atoms with Gasteiger partial charge in [0.05, 0.1) is 6.20 Å². The van der Waals surface area contributed by atoms with Gasteiger partial charge in [-0.1, -0.05) is 25.1 Å². The van der Waals surface area contributed by atoms with E-state index in [-0.39, 0.29) is 17.8 Å². The van der Waals surface area contributed by atoms with Crippen molar-refractivity contribution in [3.8, 4) is 11.1 Å². The molecule has 24 heavy (non-hydrogen) atoms. The lowest BCUT2D eigenvalue weighted by Gasteiger charge is -2.23. The first kappa shape index (κ1) is 16.1.